The number of hydrogen-bond donors (Lipinski definition) is 2. The molecule has 2 heterocycles. The number of rotatable bonds is 7. The van der Waals surface area contributed by atoms with Crippen LogP contribution in [0.4, 0.5) is 15.9 Å². The second-order valence-electron chi connectivity index (χ2n) is 8.55. The normalized spacial score (nSPS) is 11.8. The number of nitrogens with one attached hydrogen (secondary N) is 1. The molecular weight excluding hydrogens is 495 g/mol. The van der Waals surface area contributed by atoms with Crippen LogP contribution in [0, 0.1) is 12.7 Å². The van der Waals surface area contributed by atoms with Crippen LogP contribution in [0.25, 0.3) is 39.0 Å². The number of halogens is 1. The van der Waals surface area contributed by atoms with Crippen molar-refractivity contribution in [1.82, 2.24) is 19.5 Å². The van der Waals surface area contributed by atoms with Gasteiger partial charge in [0.25, 0.3) is 0 Å². The van der Waals surface area contributed by atoms with Crippen LogP contribution in [-0.2, 0) is 10.0 Å². The minimum Gasteiger partial charge on any atom is -0.494 e. The molecule has 9 nitrogen and oxygen atoms in total. The molecule has 0 saturated carbocycles. The van der Waals surface area contributed by atoms with Crippen LogP contribution in [0.5, 0.6) is 5.75 Å². The molecule has 0 amide bonds. The number of aromatic nitrogens is 4. The maximum absolute atomic E-state index is 15.5. The first kappa shape index (κ1) is 24.4. The van der Waals surface area contributed by atoms with Crippen molar-refractivity contribution in [2.45, 2.75) is 20.3 Å². The molecule has 0 unspecified atom stereocenters. The van der Waals surface area contributed by atoms with Gasteiger partial charge in [-0.15, -0.1) is 0 Å². The molecule has 5 rings (SSSR count). The Kier molecular flexibility index (Phi) is 6.16. The Morgan fingerprint density at radius 2 is 1.86 bits per heavy atom. The van der Waals surface area contributed by atoms with Gasteiger partial charge < -0.3 is 10.5 Å². The van der Waals surface area contributed by atoms with Crippen molar-refractivity contribution in [3.63, 3.8) is 0 Å². The van der Waals surface area contributed by atoms with Crippen LogP contribution in [0.1, 0.15) is 19.2 Å². The first-order valence-corrected chi connectivity index (χ1v) is 13.3. The summed E-state index contributed by atoms with van der Waals surface area (Å²) < 4.78 is 49.7. The summed E-state index contributed by atoms with van der Waals surface area (Å²) >= 11 is 0. The topological polar surface area (TPSA) is 125 Å². The highest BCUT2D eigenvalue weighted by Crippen LogP contribution is 2.37. The van der Waals surface area contributed by atoms with Crippen LogP contribution in [-0.4, -0.2) is 40.8 Å². The first-order chi connectivity index (χ1) is 17.7. The van der Waals surface area contributed by atoms with Gasteiger partial charge in [0.2, 0.25) is 16.0 Å². The van der Waals surface area contributed by atoms with E-state index in [1.54, 1.807) is 31.2 Å². The zero-order chi connectivity index (χ0) is 26.3. The number of fused-ring (bicyclic) bond motifs is 2. The third-order valence-corrected chi connectivity index (χ3v) is 7.46. The number of aryl methyl sites for hydroxylation is 1. The van der Waals surface area contributed by atoms with Crippen LogP contribution in [0.15, 0.2) is 54.6 Å². The van der Waals surface area contributed by atoms with E-state index in [1.165, 1.54) is 13.2 Å². The van der Waals surface area contributed by atoms with Crippen molar-refractivity contribution >= 4 is 43.5 Å². The number of nitrogens with two attached hydrogens (primary N) is 1. The lowest BCUT2D eigenvalue weighted by atomic mass is 10.0. The van der Waals surface area contributed by atoms with Gasteiger partial charge in [-0.25, -0.2) is 22.8 Å². The molecule has 5 aromatic rings. The van der Waals surface area contributed by atoms with E-state index in [0.29, 0.717) is 40.4 Å². The molecule has 0 fully saturated rings. The Balaban J connectivity index is 1.66. The molecule has 2 aromatic heterocycles. The van der Waals surface area contributed by atoms with E-state index >= 15 is 4.39 Å². The maximum Gasteiger partial charge on any atom is 0.238 e. The Hall–Kier alpha value is -4.25. The highest BCUT2D eigenvalue weighted by Gasteiger charge is 2.20. The summed E-state index contributed by atoms with van der Waals surface area (Å²) in [6, 6.07) is 15.5. The molecule has 0 saturated heterocycles. The van der Waals surface area contributed by atoms with E-state index in [2.05, 4.69) is 14.7 Å². The minimum atomic E-state index is -3.67. The summed E-state index contributed by atoms with van der Waals surface area (Å²) in [7, 11) is -2.18. The molecule has 11 heteroatoms. The summed E-state index contributed by atoms with van der Waals surface area (Å²) in [5.41, 5.74) is 8.95. The van der Waals surface area contributed by atoms with Gasteiger partial charge in [-0.2, -0.15) is 4.98 Å². The van der Waals surface area contributed by atoms with Crippen molar-refractivity contribution in [2.75, 3.05) is 23.3 Å². The molecule has 0 aliphatic carbocycles. The number of benzene rings is 3. The molecule has 0 aliphatic rings. The second kappa shape index (κ2) is 9.32. The third kappa shape index (κ3) is 4.42. The summed E-state index contributed by atoms with van der Waals surface area (Å²) in [5.74, 6) is 0.752. The van der Waals surface area contributed by atoms with E-state index in [9.17, 15) is 8.42 Å². The van der Waals surface area contributed by atoms with Gasteiger partial charge in [0.1, 0.15) is 22.9 Å². The van der Waals surface area contributed by atoms with Crippen LogP contribution in [0.2, 0.25) is 0 Å². The van der Waals surface area contributed by atoms with E-state index in [0.717, 1.165) is 11.0 Å². The number of nitrogen functional groups attached to an aromatic ring is 1. The largest absolute Gasteiger partial charge is 0.494 e. The summed E-state index contributed by atoms with van der Waals surface area (Å²) in [5, 5.41) is 0.469. The average Bonchev–Trinajstić information content (AvgIpc) is 3.20. The number of sulfonamides is 1. The fourth-order valence-corrected chi connectivity index (χ4v) is 5.47. The lowest BCUT2D eigenvalue weighted by molar-refractivity contribution is 0.419. The fraction of sp³-hybridized carbons (Fsp3) is 0.192. The molecule has 0 spiro atoms. The Labute approximate surface area is 213 Å². The maximum atomic E-state index is 15.5. The number of nitrogens with zero attached hydrogens (tertiary/aromatic N) is 4. The Morgan fingerprint density at radius 1 is 1.08 bits per heavy atom. The zero-order valence-electron chi connectivity index (χ0n) is 20.5. The van der Waals surface area contributed by atoms with Crippen LogP contribution >= 0.6 is 0 Å². The number of ether oxygens (including phenoxy) is 1. The molecule has 3 N–H and O–H groups in total. The number of anilines is 2. The summed E-state index contributed by atoms with van der Waals surface area (Å²) in [4.78, 5) is 13.8. The molecule has 3 aromatic carbocycles. The molecule has 0 aliphatic heterocycles. The average molecular weight is 521 g/mol. The molecule has 190 valence electrons. The third-order valence-electron chi connectivity index (χ3n) is 5.98. The van der Waals surface area contributed by atoms with Gasteiger partial charge in [-0.3, -0.25) is 9.29 Å². The van der Waals surface area contributed by atoms with E-state index < -0.39 is 15.8 Å². The van der Waals surface area contributed by atoms with Crippen LogP contribution < -0.4 is 15.2 Å². The quantitative estimate of drug-likeness (QED) is 0.315. The number of hydrogen-bond acceptors (Lipinski definition) is 7. The lowest BCUT2D eigenvalue weighted by Crippen LogP contribution is -2.17. The van der Waals surface area contributed by atoms with Gasteiger partial charge in [0.15, 0.2) is 5.82 Å². The Morgan fingerprint density at radius 3 is 2.62 bits per heavy atom. The summed E-state index contributed by atoms with van der Waals surface area (Å²) in [6.07, 6.45) is 0.411. The standard InChI is InChI=1S/C26H25FN6O3S/c1-4-12-37(34,35)32-20-10-7-8-17(23(20)27)16-13-18-24(22(14-16)36-3)30-26(31-25(18)28)33-15(2)29-19-9-5-6-11-21(19)33/h5-11,13-14,32H,4,12H2,1-3H3,(H2,28,30,31). The number of imidazole rings is 1. The van der Waals surface area contributed by atoms with Crippen LogP contribution in [0.3, 0.4) is 0 Å². The number of para-hydroxylation sites is 2. The van der Waals surface area contributed by atoms with Crippen molar-refractivity contribution in [2.24, 2.45) is 0 Å². The van der Waals surface area contributed by atoms with E-state index in [1.807, 2.05) is 35.8 Å². The van der Waals surface area contributed by atoms with Crippen molar-refractivity contribution in [3.05, 3.63) is 66.2 Å². The van der Waals surface area contributed by atoms with Gasteiger partial charge in [0, 0.05) is 10.9 Å². The predicted octanol–water partition coefficient (Wildman–Crippen LogP) is 4.83. The fourth-order valence-electron chi connectivity index (χ4n) is 4.34. The minimum absolute atomic E-state index is 0.109. The SMILES string of the molecule is CCCS(=O)(=O)Nc1cccc(-c2cc(OC)c3nc(-n4c(C)nc5ccccc54)nc(N)c3c2)c1F. The Bertz CT molecular complexity index is 1770. The molecule has 0 radical (unpaired) electrons. The first-order valence-electron chi connectivity index (χ1n) is 11.6. The van der Waals surface area contributed by atoms with Gasteiger partial charge in [-0.05, 0) is 49.2 Å². The van der Waals surface area contributed by atoms with Gasteiger partial charge in [-0.1, -0.05) is 31.2 Å². The molecule has 0 bridgehead atoms. The molecule has 37 heavy (non-hydrogen) atoms. The van der Waals surface area contributed by atoms with E-state index in [-0.39, 0.29) is 22.8 Å². The summed E-state index contributed by atoms with van der Waals surface area (Å²) in [6.45, 7) is 3.59. The van der Waals surface area contributed by atoms with E-state index in [4.69, 9.17) is 15.5 Å². The van der Waals surface area contributed by atoms with Gasteiger partial charge in [0.05, 0.1) is 29.6 Å². The predicted molar refractivity (Wildman–Crippen MR) is 143 cm³/mol. The highest BCUT2D eigenvalue weighted by molar-refractivity contribution is 7.92. The highest BCUT2D eigenvalue weighted by atomic mass is 32.2. The smallest absolute Gasteiger partial charge is 0.238 e. The number of methoxy groups -OCH3 is 1. The van der Waals surface area contributed by atoms with Crippen molar-refractivity contribution < 1.29 is 17.5 Å². The van der Waals surface area contributed by atoms with Crippen molar-refractivity contribution in [1.29, 1.82) is 0 Å². The zero-order valence-corrected chi connectivity index (χ0v) is 21.3. The van der Waals surface area contributed by atoms with Crippen molar-refractivity contribution in [3.8, 4) is 22.8 Å². The monoisotopic (exact) mass is 520 g/mol. The molecular formula is C26H25FN6O3S. The second-order valence-corrected chi connectivity index (χ2v) is 10.4. The van der Waals surface area contributed by atoms with Gasteiger partial charge >= 0.3 is 0 Å². The molecule has 0 atom stereocenters. The lowest BCUT2D eigenvalue weighted by Gasteiger charge is -2.15.